The van der Waals surface area contributed by atoms with Gasteiger partial charge in [-0.1, -0.05) is 20.8 Å². The largest absolute Gasteiger partial charge is 0.480 e. The first kappa shape index (κ1) is 24.0. The summed E-state index contributed by atoms with van der Waals surface area (Å²) >= 11 is 0. The van der Waals surface area contributed by atoms with E-state index in [1.54, 1.807) is 0 Å². The summed E-state index contributed by atoms with van der Waals surface area (Å²) < 4.78 is 0. The first-order chi connectivity index (χ1) is 15.1. The molecule has 182 valence electrons. The van der Waals surface area contributed by atoms with Crippen molar-refractivity contribution in [1.29, 1.82) is 0 Å². The number of nitrogens with one attached hydrogen (secondary N) is 1. The van der Waals surface area contributed by atoms with Crippen LogP contribution in [0.1, 0.15) is 85.0 Å². The van der Waals surface area contributed by atoms with Crippen molar-refractivity contribution in [3.8, 4) is 0 Å². The number of hydrogen-bond donors (Lipinski definition) is 4. The molecule has 0 saturated heterocycles. The van der Waals surface area contributed by atoms with Gasteiger partial charge in [-0.3, -0.25) is 9.59 Å². The highest BCUT2D eigenvalue weighted by atomic mass is 16.4. The van der Waals surface area contributed by atoms with E-state index < -0.39 is 5.97 Å². The fourth-order valence-corrected chi connectivity index (χ4v) is 8.98. The third-order valence-electron chi connectivity index (χ3n) is 10.8. The zero-order chi connectivity index (χ0) is 23.3. The molecule has 0 aromatic carbocycles. The van der Waals surface area contributed by atoms with Gasteiger partial charge in [0, 0.05) is 6.42 Å². The van der Waals surface area contributed by atoms with Crippen molar-refractivity contribution < 1.29 is 24.9 Å². The van der Waals surface area contributed by atoms with Gasteiger partial charge >= 0.3 is 5.97 Å². The van der Waals surface area contributed by atoms with Crippen LogP contribution in [0.2, 0.25) is 0 Å². The monoisotopic (exact) mass is 449 g/mol. The van der Waals surface area contributed by atoms with Crippen molar-refractivity contribution in [2.75, 3.05) is 6.54 Å². The van der Waals surface area contributed by atoms with Crippen LogP contribution >= 0.6 is 0 Å². The van der Waals surface area contributed by atoms with Crippen molar-refractivity contribution in [3.63, 3.8) is 0 Å². The number of rotatable bonds is 6. The second-order valence-corrected chi connectivity index (χ2v) is 12.1. The summed E-state index contributed by atoms with van der Waals surface area (Å²) in [5.41, 5.74) is 0.145. The summed E-state index contributed by atoms with van der Waals surface area (Å²) in [6.07, 6.45) is 9.12. The van der Waals surface area contributed by atoms with Crippen LogP contribution in [-0.4, -0.2) is 45.9 Å². The van der Waals surface area contributed by atoms with Crippen LogP contribution in [0.4, 0.5) is 0 Å². The first-order valence-electron chi connectivity index (χ1n) is 12.9. The van der Waals surface area contributed by atoms with Crippen LogP contribution in [0.3, 0.4) is 0 Å². The number of fused-ring (bicyclic) bond motifs is 5. The molecule has 6 heteroatoms. The molecular formula is C26H43NO5. The Hall–Kier alpha value is -1.14. The van der Waals surface area contributed by atoms with E-state index >= 15 is 0 Å². The Labute approximate surface area is 192 Å². The van der Waals surface area contributed by atoms with Crippen molar-refractivity contribution >= 4 is 11.9 Å². The van der Waals surface area contributed by atoms with Crippen LogP contribution in [0.15, 0.2) is 0 Å². The molecule has 32 heavy (non-hydrogen) atoms. The van der Waals surface area contributed by atoms with Gasteiger partial charge in [-0.25, -0.2) is 0 Å². The molecule has 0 radical (unpaired) electrons. The van der Waals surface area contributed by atoms with E-state index in [4.69, 9.17) is 5.11 Å². The fraction of sp³-hybridized carbons (Fsp3) is 0.923. The highest BCUT2D eigenvalue weighted by Crippen LogP contribution is 2.68. The molecule has 0 unspecified atom stereocenters. The topological polar surface area (TPSA) is 107 Å². The second-order valence-electron chi connectivity index (χ2n) is 12.1. The highest BCUT2D eigenvalue weighted by molar-refractivity contribution is 5.81. The highest BCUT2D eigenvalue weighted by Gasteiger charge is 2.63. The Morgan fingerprint density at radius 3 is 2.50 bits per heavy atom. The second kappa shape index (κ2) is 8.90. The molecular weight excluding hydrogens is 406 g/mol. The van der Waals surface area contributed by atoms with E-state index in [-0.39, 0.29) is 35.5 Å². The number of hydrogen-bond acceptors (Lipinski definition) is 4. The van der Waals surface area contributed by atoms with Crippen LogP contribution in [0.5, 0.6) is 0 Å². The van der Waals surface area contributed by atoms with E-state index in [1.165, 1.54) is 12.8 Å². The fourth-order valence-electron chi connectivity index (χ4n) is 8.98. The lowest BCUT2D eigenvalue weighted by atomic mass is 9.43. The Kier molecular flexibility index (Phi) is 6.68. The van der Waals surface area contributed by atoms with Crippen LogP contribution in [-0.2, 0) is 9.59 Å². The average molecular weight is 450 g/mol. The number of aliphatic carboxylic acids is 1. The summed E-state index contributed by atoms with van der Waals surface area (Å²) in [6.45, 7) is 6.65. The summed E-state index contributed by atoms with van der Waals surface area (Å²) in [4.78, 5) is 22.7. The molecule has 4 aliphatic rings. The smallest absolute Gasteiger partial charge is 0.322 e. The van der Waals surface area contributed by atoms with Gasteiger partial charge in [0.05, 0.1) is 12.2 Å². The molecule has 0 heterocycles. The Bertz CT molecular complexity index is 727. The molecule has 6 nitrogen and oxygen atoms in total. The van der Waals surface area contributed by atoms with Gasteiger partial charge in [0.2, 0.25) is 5.91 Å². The van der Waals surface area contributed by atoms with Gasteiger partial charge < -0.3 is 20.6 Å². The minimum absolute atomic E-state index is 0.102. The van der Waals surface area contributed by atoms with E-state index in [0.29, 0.717) is 41.9 Å². The molecule has 0 aromatic heterocycles. The maximum absolute atomic E-state index is 12.0. The van der Waals surface area contributed by atoms with Crippen LogP contribution in [0, 0.1) is 46.3 Å². The molecule has 0 spiro atoms. The van der Waals surface area contributed by atoms with E-state index in [0.717, 1.165) is 44.9 Å². The van der Waals surface area contributed by atoms with Gasteiger partial charge in [0.1, 0.15) is 6.54 Å². The number of carbonyl (C=O) groups is 2. The molecule has 4 saturated carbocycles. The SMILES string of the molecule is C[C@H](CCC(=O)NCC(=O)O)[C@@H]1CC[C@@H]2[C@H]3CC[C@@H]4C[C@H](O)CC[C@]4(C)[C@@H]3C[C@H](O)[C@@]21C. The lowest BCUT2D eigenvalue weighted by molar-refractivity contribution is -0.175. The molecule has 0 aliphatic heterocycles. The third-order valence-corrected chi connectivity index (χ3v) is 10.8. The first-order valence-corrected chi connectivity index (χ1v) is 12.9. The number of carboxylic acid groups (broad SMARTS) is 1. The van der Waals surface area contributed by atoms with Gasteiger partial charge in [0.15, 0.2) is 0 Å². The van der Waals surface area contributed by atoms with Gasteiger partial charge in [-0.2, -0.15) is 0 Å². The van der Waals surface area contributed by atoms with Gasteiger partial charge in [-0.05, 0) is 104 Å². The average Bonchev–Trinajstić information content (AvgIpc) is 3.10. The molecule has 0 aromatic rings. The molecule has 4 rings (SSSR count). The quantitative estimate of drug-likeness (QED) is 0.496. The van der Waals surface area contributed by atoms with E-state index in [2.05, 4.69) is 26.1 Å². The zero-order valence-electron chi connectivity index (χ0n) is 20.1. The molecule has 1 amide bonds. The maximum Gasteiger partial charge on any atom is 0.322 e. The zero-order valence-corrected chi connectivity index (χ0v) is 20.1. The van der Waals surface area contributed by atoms with Crippen molar-refractivity contribution in [2.45, 2.75) is 97.2 Å². The van der Waals surface area contributed by atoms with Crippen LogP contribution < -0.4 is 5.32 Å². The summed E-state index contributed by atoms with van der Waals surface area (Å²) in [5, 5.41) is 33.0. The van der Waals surface area contributed by atoms with Gasteiger partial charge in [0.25, 0.3) is 0 Å². The molecule has 4 N–H and O–H groups in total. The number of aliphatic hydroxyl groups is 2. The van der Waals surface area contributed by atoms with Gasteiger partial charge in [-0.15, -0.1) is 0 Å². The van der Waals surface area contributed by atoms with E-state index in [1.807, 2.05) is 0 Å². The molecule has 4 fully saturated rings. The standard InChI is InChI=1S/C26H43NO5/c1-15(4-9-23(30)27-14-24(31)32)19-7-8-20-18-6-5-16-12-17(28)10-11-25(16,2)21(18)13-22(29)26(19,20)3/h15-22,28-29H,4-14H2,1-3H3,(H,27,30)(H,31,32)/t15-,16-,17-,18-,19+,20-,21-,22+,25+,26-/m1/s1. The summed E-state index contributed by atoms with van der Waals surface area (Å²) in [6, 6.07) is 0. The van der Waals surface area contributed by atoms with Crippen molar-refractivity contribution in [1.82, 2.24) is 5.32 Å². The van der Waals surface area contributed by atoms with Crippen molar-refractivity contribution in [2.24, 2.45) is 46.3 Å². The minimum atomic E-state index is -1.02. The third kappa shape index (κ3) is 4.00. The number of carboxylic acids is 1. The van der Waals surface area contributed by atoms with Crippen molar-refractivity contribution in [3.05, 3.63) is 0 Å². The summed E-state index contributed by atoms with van der Waals surface area (Å²) in [7, 11) is 0. The Morgan fingerprint density at radius 2 is 1.78 bits per heavy atom. The Morgan fingerprint density at radius 1 is 1.03 bits per heavy atom. The number of amides is 1. The number of aliphatic hydroxyl groups excluding tert-OH is 2. The maximum atomic E-state index is 12.0. The molecule has 0 bridgehead atoms. The lowest BCUT2D eigenvalue weighted by Gasteiger charge is -2.62. The normalized spacial score (nSPS) is 46.5. The molecule has 10 atom stereocenters. The predicted molar refractivity (Wildman–Crippen MR) is 122 cm³/mol. The minimum Gasteiger partial charge on any atom is -0.480 e. The summed E-state index contributed by atoms with van der Waals surface area (Å²) in [5.74, 6) is 1.84. The van der Waals surface area contributed by atoms with Crippen LogP contribution in [0.25, 0.3) is 0 Å². The predicted octanol–water partition coefficient (Wildman–Crippen LogP) is 3.59. The van der Waals surface area contributed by atoms with E-state index in [9.17, 15) is 19.8 Å². The molecule has 4 aliphatic carbocycles. The Balaban J connectivity index is 1.45. The number of carbonyl (C=O) groups excluding carboxylic acids is 1. The lowest BCUT2D eigenvalue weighted by Crippen LogP contribution is -2.58.